The summed E-state index contributed by atoms with van der Waals surface area (Å²) in [5.41, 5.74) is 1.63. The predicted octanol–water partition coefficient (Wildman–Crippen LogP) is 4.88. The topological polar surface area (TPSA) is 82.5 Å². The molecule has 0 unspecified atom stereocenters. The van der Waals surface area contributed by atoms with Gasteiger partial charge in [0.1, 0.15) is 4.70 Å². The summed E-state index contributed by atoms with van der Waals surface area (Å²) in [5.74, 6) is 1.43. The van der Waals surface area contributed by atoms with Crippen molar-refractivity contribution < 1.29 is 14.3 Å². The summed E-state index contributed by atoms with van der Waals surface area (Å²) in [7, 11) is 3.20. The lowest BCUT2D eigenvalue weighted by Crippen LogP contribution is -2.33. The second-order valence-corrected chi connectivity index (χ2v) is 10.2. The van der Waals surface area contributed by atoms with Crippen LogP contribution in [-0.2, 0) is 17.8 Å². The molecule has 4 rings (SSSR count). The lowest BCUT2D eigenvalue weighted by molar-refractivity contribution is -0.119. The molecule has 4 aromatic rings. The van der Waals surface area contributed by atoms with Crippen molar-refractivity contribution in [2.75, 3.05) is 20.0 Å². The summed E-state index contributed by atoms with van der Waals surface area (Å²) in [4.78, 5) is 30.9. The largest absolute Gasteiger partial charge is 0.493 e. The highest BCUT2D eigenvalue weighted by Gasteiger charge is 2.18. The highest BCUT2D eigenvalue weighted by molar-refractivity contribution is 7.99. The maximum atomic E-state index is 13.6. The fraction of sp³-hybridized carbons (Fsp3) is 0.346. The van der Waals surface area contributed by atoms with Crippen LogP contribution >= 0.6 is 23.1 Å². The van der Waals surface area contributed by atoms with Crippen molar-refractivity contribution in [1.29, 1.82) is 0 Å². The van der Waals surface area contributed by atoms with E-state index in [1.165, 1.54) is 23.1 Å². The number of thioether (sulfide) groups is 1. The Balaban J connectivity index is 1.69. The van der Waals surface area contributed by atoms with Crippen LogP contribution in [0.4, 0.5) is 0 Å². The van der Waals surface area contributed by atoms with Crippen molar-refractivity contribution in [2.24, 2.45) is 0 Å². The first-order chi connectivity index (χ1) is 16.9. The Morgan fingerprint density at radius 1 is 1.17 bits per heavy atom. The number of hydrogen-bond acceptors (Lipinski definition) is 7. The van der Waals surface area contributed by atoms with Gasteiger partial charge < -0.3 is 14.8 Å². The van der Waals surface area contributed by atoms with E-state index in [0.717, 1.165) is 22.1 Å². The van der Waals surface area contributed by atoms with Gasteiger partial charge in [-0.25, -0.2) is 4.98 Å². The summed E-state index contributed by atoms with van der Waals surface area (Å²) in [6, 6.07) is 13.7. The summed E-state index contributed by atoms with van der Waals surface area (Å²) in [5, 5.41) is 4.49. The number of methoxy groups -OCH3 is 2. The maximum absolute atomic E-state index is 13.6. The molecule has 1 N–H and O–H groups in total. The minimum absolute atomic E-state index is 0.0692. The van der Waals surface area contributed by atoms with Crippen molar-refractivity contribution in [3.8, 4) is 11.5 Å². The fourth-order valence-corrected chi connectivity index (χ4v) is 5.71. The molecule has 2 aromatic heterocycles. The minimum Gasteiger partial charge on any atom is -0.493 e. The number of fused-ring (bicyclic) bond motifs is 3. The molecule has 0 aliphatic rings. The average Bonchev–Trinajstić information content (AvgIpc) is 3.25. The van der Waals surface area contributed by atoms with E-state index < -0.39 is 0 Å². The quantitative estimate of drug-likeness (QED) is 0.241. The van der Waals surface area contributed by atoms with Crippen LogP contribution in [-0.4, -0.2) is 41.5 Å². The van der Waals surface area contributed by atoms with Gasteiger partial charge in [0.05, 0.1) is 25.5 Å². The van der Waals surface area contributed by atoms with E-state index in [1.807, 2.05) is 56.3 Å². The van der Waals surface area contributed by atoms with Gasteiger partial charge in [0.15, 0.2) is 16.7 Å². The molecule has 0 saturated heterocycles. The van der Waals surface area contributed by atoms with E-state index in [4.69, 9.17) is 14.5 Å². The second-order valence-electron chi connectivity index (χ2n) is 8.23. The number of ether oxygens (including phenoxy) is 2. The van der Waals surface area contributed by atoms with Gasteiger partial charge in [-0.3, -0.25) is 14.2 Å². The Morgan fingerprint density at radius 2 is 1.94 bits per heavy atom. The molecule has 0 aliphatic carbocycles. The van der Waals surface area contributed by atoms with Crippen LogP contribution in [0, 0.1) is 0 Å². The third-order valence-corrected chi connectivity index (χ3v) is 8.00. The number of nitrogens with one attached hydrogen (secondary N) is 1. The number of carbonyl (C=O) groups is 1. The van der Waals surface area contributed by atoms with Crippen molar-refractivity contribution in [2.45, 2.75) is 44.4 Å². The van der Waals surface area contributed by atoms with Gasteiger partial charge in [-0.2, -0.15) is 0 Å². The molecular weight excluding hydrogens is 482 g/mol. The first-order valence-corrected chi connectivity index (χ1v) is 13.3. The normalized spacial score (nSPS) is 12.1. The maximum Gasteiger partial charge on any atom is 0.272 e. The van der Waals surface area contributed by atoms with Crippen LogP contribution in [0.3, 0.4) is 0 Å². The summed E-state index contributed by atoms with van der Waals surface area (Å²) >= 11 is 2.76. The number of aryl methyl sites for hydroxylation is 1. The minimum atomic E-state index is -0.0819. The molecule has 9 heteroatoms. The number of hydrogen-bond donors (Lipinski definition) is 1. The van der Waals surface area contributed by atoms with Crippen LogP contribution in [0.5, 0.6) is 11.5 Å². The highest BCUT2D eigenvalue weighted by atomic mass is 32.2. The number of benzene rings is 2. The van der Waals surface area contributed by atoms with Crippen molar-refractivity contribution in [3.05, 3.63) is 58.4 Å². The van der Waals surface area contributed by atoms with Gasteiger partial charge >= 0.3 is 0 Å². The van der Waals surface area contributed by atoms with Gasteiger partial charge in [-0.1, -0.05) is 43.0 Å². The fourth-order valence-electron chi connectivity index (χ4n) is 3.79. The number of nitrogens with zero attached hydrogens (tertiary/aromatic N) is 2. The first-order valence-electron chi connectivity index (χ1n) is 11.5. The molecular formula is C26H29N3O4S2. The third kappa shape index (κ3) is 5.46. The molecule has 35 heavy (non-hydrogen) atoms. The van der Waals surface area contributed by atoms with Gasteiger partial charge in [-0.15, -0.1) is 11.3 Å². The molecule has 0 aliphatic heterocycles. The Kier molecular flexibility index (Phi) is 7.97. The van der Waals surface area contributed by atoms with Gasteiger partial charge in [-0.05, 0) is 43.5 Å². The zero-order chi connectivity index (χ0) is 24.9. The van der Waals surface area contributed by atoms with E-state index in [-0.39, 0.29) is 23.3 Å². The smallest absolute Gasteiger partial charge is 0.272 e. The zero-order valence-electron chi connectivity index (χ0n) is 20.3. The van der Waals surface area contributed by atoms with Crippen molar-refractivity contribution >= 4 is 49.3 Å². The van der Waals surface area contributed by atoms with Crippen LogP contribution < -0.4 is 20.3 Å². The van der Waals surface area contributed by atoms with Gasteiger partial charge in [0.25, 0.3) is 5.56 Å². The van der Waals surface area contributed by atoms with Crippen molar-refractivity contribution in [1.82, 2.24) is 14.9 Å². The molecule has 0 spiro atoms. The number of rotatable bonds is 10. The van der Waals surface area contributed by atoms with E-state index in [2.05, 4.69) is 5.32 Å². The molecule has 0 bridgehead atoms. The Bertz CT molecular complexity index is 1410. The lowest BCUT2D eigenvalue weighted by Gasteiger charge is -2.14. The van der Waals surface area contributed by atoms with Gasteiger partial charge in [0, 0.05) is 22.7 Å². The van der Waals surface area contributed by atoms with E-state index in [0.29, 0.717) is 39.8 Å². The summed E-state index contributed by atoms with van der Waals surface area (Å²) in [6.45, 7) is 4.44. The average molecular weight is 512 g/mol. The van der Waals surface area contributed by atoms with E-state index in [9.17, 15) is 9.59 Å². The lowest BCUT2D eigenvalue weighted by atomic mass is 10.1. The zero-order valence-corrected chi connectivity index (χ0v) is 21.9. The number of amides is 1. The molecule has 1 amide bonds. The van der Waals surface area contributed by atoms with E-state index >= 15 is 0 Å². The summed E-state index contributed by atoms with van der Waals surface area (Å²) < 4.78 is 14.1. The molecule has 1 atom stereocenters. The molecule has 0 radical (unpaired) electrons. The van der Waals surface area contributed by atoms with Crippen LogP contribution in [0.2, 0.25) is 0 Å². The number of aromatic nitrogens is 2. The molecule has 7 nitrogen and oxygen atoms in total. The molecule has 2 aromatic carbocycles. The molecule has 184 valence electrons. The first kappa shape index (κ1) is 25.1. The monoisotopic (exact) mass is 511 g/mol. The Hall–Kier alpha value is -3.04. The third-order valence-electron chi connectivity index (χ3n) is 5.87. The predicted molar refractivity (Wildman–Crippen MR) is 143 cm³/mol. The number of carbonyl (C=O) groups excluding carboxylic acids is 1. The molecule has 2 heterocycles. The van der Waals surface area contributed by atoms with Crippen LogP contribution in [0.1, 0.15) is 25.8 Å². The van der Waals surface area contributed by atoms with Crippen LogP contribution in [0.25, 0.3) is 20.3 Å². The second kappa shape index (κ2) is 11.1. The van der Waals surface area contributed by atoms with E-state index in [1.54, 1.807) is 18.8 Å². The summed E-state index contributed by atoms with van der Waals surface area (Å²) in [6.07, 6.45) is 1.46. The van der Waals surface area contributed by atoms with Crippen molar-refractivity contribution in [3.63, 3.8) is 0 Å². The van der Waals surface area contributed by atoms with Crippen LogP contribution in [0.15, 0.2) is 52.4 Å². The Labute approximate surface area is 212 Å². The molecule has 0 fully saturated rings. The Morgan fingerprint density at radius 3 is 2.69 bits per heavy atom. The van der Waals surface area contributed by atoms with Gasteiger partial charge in [0.2, 0.25) is 5.91 Å². The molecule has 0 saturated carbocycles. The standard InChI is InChI=1S/C26H29N3O4S2/c1-5-16(2)27-22(30)15-34-26-28-23-18-8-6-7-9-21(18)35-24(23)25(31)29(26)13-12-17-10-11-19(32-3)20(14-17)33-4/h6-11,14,16H,5,12-13,15H2,1-4H3,(H,27,30)/t16-/m0/s1. The number of thiophene rings is 1. The highest BCUT2D eigenvalue weighted by Crippen LogP contribution is 2.32. The SMILES string of the molecule is CC[C@H](C)NC(=O)CSc1nc2c(sc3ccccc32)c(=O)n1CCc1ccc(OC)c(OC)c1.